The molecule has 0 aliphatic carbocycles. The number of likely N-dealkylation sites (N-methyl/N-ethyl adjacent to an activating group) is 1. The number of nitrogens with one attached hydrogen (secondary N) is 1. The van der Waals surface area contributed by atoms with E-state index in [2.05, 4.69) is 48.3 Å². The number of amides is 2. The van der Waals surface area contributed by atoms with Gasteiger partial charge in [0.1, 0.15) is 17.6 Å². The van der Waals surface area contributed by atoms with Gasteiger partial charge in [-0.3, -0.25) is 14.5 Å². The minimum atomic E-state index is -0.199. The second-order valence-electron chi connectivity index (χ2n) is 12.7. The van der Waals surface area contributed by atoms with Crippen molar-refractivity contribution in [3.8, 4) is 17.2 Å². The number of hydrogen-bond donors (Lipinski definition) is 1. The van der Waals surface area contributed by atoms with Crippen molar-refractivity contribution >= 4 is 17.5 Å². The molecule has 1 fully saturated rings. The van der Waals surface area contributed by atoms with Gasteiger partial charge >= 0.3 is 0 Å². The van der Waals surface area contributed by atoms with Crippen LogP contribution in [-0.4, -0.2) is 78.9 Å². The van der Waals surface area contributed by atoms with Crippen molar-refractivity contribution in [2.24, 2.45) is 11.8 Å². The first-order valence-electron chi connectivity index (χ1n) is 15.8. The third-order valence-electron chi connectivity index (χ3n) is 8.71. The summed E-state index contributed by atoms with van der Waals surface area (Å²) in [7, 11) is 4.17. The fourth-order valence-electron chi connectivity index (χ4n) is 6.00. The largest absolute Gasteiger partial charge is 0.486 e. The fraction of sp³-hybridized carbons (Fsp3) is 0.444. The Kier molecular flexibility index (Phi) is 10.2. The van der Waals surface area contributed by atoms with Crippen LogP contribution >= 0.6 is 0 Å². The number of carbonyl (C=O) groups is 2. The third kappa shape index (κ3) is 7.79. The standard InChI is InChI=1S/C36H46N4O4/c1-25(2)40-22-26(3)33(24-39(5)23-27-14-16-30(17-15-27)43-29-10-7-6-8-11-29)44-34-31(36(40)42)12-9-13-32(34)37-35(41)28-18-20-38(4)21-19-28/h6-17,25-26,28,33H,18-24H2,1-5H3,(H,37,41)/t26-,33+/m0/s1. The SMILES string of the molecule is CC(C)N1C[C@H](C)[C@@H](CN(C)Cc2ccc(Oc3ccccc3)cc2)Oc2c(NC(=O)C3CCN(C)CC3)cccc2C1=O. The molecule has 5 rings (SSSR count). The highest BCUT2D eigenvalue weighted by Crippen LogP contribution is 2.36. The Labute approximate surface area is 261 Å². The third-order valence-corrected chi connectivity index (χ3v) is 8.71. The lowest BCUT2D eigenvalue weighted by molar-refractivity contribution is -0.121. The van der Waals surface area contributed by atoms with Gasteiger partial charge in [-0.25, -0.2) is 0 Å². The number of anilines is 1. The summed E-state index contributed by atoms with van der Waals surface area (Å²) in [5.41, 5.74) is 2.23. The van der Waals surface area contributed by atoms with E-state index in [1.54, 1.807) is 0 Å². The van der Waals surface area contributed by atoms with Gasteiger partial charge in [-0.1, -0.05) is 43.3 Å². The van der Waals surface area contributed by atoms with Crippen LogP contribution in [-0.2, 0) is 11.3 Å². The van der Waals surface area contributed by atoms with Crippen LogP contribution in [0.4, 0.5) is 5.69 Å². The average Bonchev–Trinajstić information content (AvgIpc) is 3.01. The Morgan fingerprint density at radius 2 is 1.68 bits per heavy atom. The van der Waals surface area contributed by atoms with E-state index in [4.69, 9.17) is 9.47 Å². The number of benzene rings is 3. The number of likely N-dealkylation sites (tertiary alicyclic amines) is 1. The Morgan fingerprint density at radius 1 is 1.00 bits per heavy atom. The summed E-state index contributed by atoms with van der Waals surface area (Å²) >= 11 is 0. The number of carbonyl (C=O) groups excluding carboxylic acids is 2. The molecule has 2 atom stereocenters. The van der Waals surface area contributed by atoms with E-state index in [0.29, 0.717) is 30.1 Å². The van der Waals surface area contributed by atoms with Crippen LogP contribution in [0, 0.1) is 11.8 Å². The zero-order chi connectivity index (χ0) is 31.2. The first kappa shape index (κ1) is 31.5. The first-order valence-corrected chi connectivity index (χ1v) is 15.8. The predicted molar refractivity (Wildman–Crippen MR) is 174 cm³/mol. The zero-order valence-electron chi connectivity index (χ0n) is 26.7. The minimum Gasteiger partial charge on any atom is -0.486 e. The summed E-state index contributed by atoms with van der Waals surface area (Å²) in [5.74, 6) is 2.01. The maximum atomic E-state index is 13.8. The highest BCUT2D eigenvalue weighted by Gasteiger charge is 2.34. The summed E-state index contributed by atoms with van der Waals surface area (Å²) in [6.45, 7) is 10.0. The molecule has 44 heavy (non-hydrogen) atoms. The highest BCUT2D eigenvalue weighted by atomic mass is 16.5. The van der Waals surface area contributed by atoms with Crippen molar-refractivity contribution in [2.75, 3.05) is 45.6 Å². The number of piperidine rings is 1. The summed E-state index contributed by atoms with van der Waals surface area (Å²) in [6, 6.07) is 23.4. The molecule has 1 saturated heterocycles. The fourth-order valence-corrected chi connectivity index (χ4v) is 6.00. The quantitative estimate of drug-likeness (QED) is 0.319. The summed E-state index contributed by atoms with van der Waals surface area (Å²) in [5, 5.41) is 3.14. The number of ether oxygens (including phenoxy) is 2. The molecule has 3 aromatic rings. The molecule has 0 spiro atoms. The van der Waals surface area contributed by atoms with Crippen LogP contribution in [0.25, 0.3) is 0 Å². The normalized spacial score (nSPS) is 19.7. The zero-order valence-corrected chi connectivity index (χ0v) is 26.7. The van der Waals surface area contributed by atoms with Crippen LogP contribution < -0.4 is 14.8 Å². The minimum absolute atomic E-state index is 0.00766. The average molecular weight is 599 g/mol. The van der Waals surface area contributed by atoms with E-state index >= 15 is 0 Å². The molecule has 0 bridgehead atoms. The molecule has 8 nitrogen and oxygen atoms in total. The van der Waals surface area contributed by atoms with Gasteiger partial charge in [-0.05, 0) is 95.8 Å². The smallest absolute Gasteiger partial charge is 0.257 e. The summed E-state index contributed by atoms with van der Waals surface area (Å²) < 4.78 is 12.7. The summed E-state index contributed by atoms with van der Waals surface area (Å²) in [6.07, 6.45) is 1.44. The second-order valence-corrected chi connectivity index (χ2v) is 12.7. The van der Waals surface area contributed by atoms with Gasteiger partial charge in [-0.2, -0.15) is 0 Å². The predicted octanol–water partition coefficient (Wildman–Crippen LogP) is 6.14. The van der Waals surface area contributed by atoms with E-state index in [-0.39, 0.29) is 35.8 Å². The lowest BCUT2D eigenvalue weighted by Crippen LogP contribution is -2.48. The van der Waals surface area contributed by atoms with Crippen LogP contribution in [0.5, 0.6) is 17.2 Å². The Balaban J connectivity index is 1.33. The summed E-state index contributed by atoms with van der Waals surface area (Å²) in [4.78, 5) is 33.5. The molecule has 1 N–H and O–H groups in total. The second kappa shape index (κ2) is 14.3. The molecule has 2 heterocycles. The molecule has 2 amide bonds. The molecule has 0 aromatic heterocycles. The monoisotopic (exact) mass is 598 g/mol. The van der Waals surface area contributed by atoms with Crippen molar-refractivity contribution in [3.63, 3.8) is 0 Å². The first-order chi connectivity index (χ1) is 21.2. The van der Waals surface area contributed by atoms with Gasteiger partial charge in [0.05, 0.1) is 11.3 Å². The Hall–Kier alpha value is -3.88. The van der Waals surface area contributed by atoms with Gasteiger partial charge in [0.2, 0.25) is 5.91 Å². The van der Waals surface area contributed by atoms with Crippen LogP contribution in [0.2, 0.25) is 0 Å². The molecule has 0 saturated carbocycles. The molecule has 2 aliphatic rings. The van der Waals surface area contributed by atoms with Crippen LogP contribution in [0.1, 0.15) is 49.5 Å². The molecule has 234 valence electrons. The lowest BCUT2D eigenvalue weighted by atomic mass is 9.96. The number of hydrogen-bond acceptors (Lipinski definition) is 6. The van der Waals surface area contributed by atoms with Gasteiger partial charge in [0.15, 0.2) is 5.75 Å². The molecular weight excluding hydrogens is 552 g/mol. The van der Waals surface area contributed by atoms with E-state index < -0.39 is 0 Å². The Morgan fingerprint density at radius 3 is 2.36 bits per heavy atom. The van der Waals surface area contributed by atoms with E-state index in [0.717, 1.165) is 49.5 Å². The van der Waals surface area contributed by atoms with Gasteiger partial charge in [-0.15, -0.1) is 0 Å². The van der Waals surface area contributed by atoms with E-state index in [9.17, 15) is 9.59 Å². The molecule has 8 heteroatoms. The van der Waals surface area contributed by atoms with E-state index in [1.165, 1.54) is 0 Å². The van der Waals surface area contributed by atoms with Crippen LogP contribution in [0.3, 0.4) is 0 Å². The van der Waals surface area contributed by atoms with Gasteiger partial charge < -0.3 is 24.6 Å². The molecule has 0 unspecified atom stereocenters. The van der Waals surface area contributed by atoms with Gasteiger partial charge in [0, 0.05) is 37.5 Å². The van der Waals surface area contributed by atoms with Crippen molar-refractivity contribution in [1.82, 2.24) is 14.7 Å². The van der Waals surface area contributed by atoms with Crippen molar-refractivity contribution < 1.29 is 19.1 Å². The molecule has 2 aliphatic heterocycles. The highest BCUT2D eigenvalue weighted by molar-refractivity contribution is 6.02. The van der Waals surface area contributed by atoms with Crippen LogP contribution in [0.15, 0.2) is 72.8 Å². The number of nitrogens with zero attached hydrogens (tertiary/aromatic N) is 3. The number of rotatable bonds is 9. The van der Waals surface area contributed by atoms with Gasteiger partial charge in [0.25, 0.3) is 5.91 Å². The molecule has 3 aromatic carbocycles. The van der Waals surface area contributed by atoms with E-state index in [1.807, 2.05) is 79.4 Å². The maximum Gasteiger partial charge on any atom is 0.257 e. The van der Waals surface area contributed by atoms with Crippen molar-refractivity contribution in [2.45, 2.75) is 52.3 Å². The molecular formula is C36H46N4O4. The Bertz CT molecular complexity index is 1400. The van der Waals surface area contributed by atoms with Crippen molar-refractivity contribution in [3.05, 3.63) is 83.9 Å². The maximum absolute atomic E-state index is 13.8. The topological polar surface area (TPSA) is 74.3 Å². The number of para-hydroxylation sites is 2. The lowest BCUT2D eigenvalue weighted by Gasteiger charge is -2.38. The van der Waals surface area contributed by atoms with Crippen molar-refractivity contribution in [1.29, 1.82) is 0 Å². The number of fused-ring (bicyclic) bond motifs is 1. The molecule has 0 radical (unpaired) electrons.